The molecule has 0 radical (unpaired) electrons. The Morgan fingerprint density at radius 2 is 2.11 bits per heavy atom. The van der Waals surface area contributed by atoms with Crippen molar-refractivity contribution in [1.29, 1.82) is 0 Å². The summed E-state index contributed by atoms with van der Waals surface area (Å²) in [7, 11) is -2.57. The van der Waals surface area contributed by atoms with Crippen LogP contribution in [0.2, 0.25) is 0 Å². The third-order valence-corrected chi connectivity index (χ3v) is 4.12. The molecule has 0 saturated heterocycles. The molecule has 0 fully saturated rings. The molecule has 6 nitrogen and oxygen atoms in total. The summed E-state index contributed by atoms with van der Waals surface area (Å²) in [5, 5.41) is 10.5. The Hall–Kier alpha value is -1.80. The molecular formula is C11H13FN2O4S. The second kappa shape index (κ2) is 5.45. The molecule has 104 valence electrons. The van der Waals surface area contributed by atoms with E-state index in [-0.39, 0.29) is 11.4 Å². The predicted molar refractivity (Wildman–Crippen MR) is 67.7 cm³/mol. The minimum atomic E-state index is -3.89. The number of sulfonamides is 1. The molecule has 1 aromatic rings. The molecule has 0 aliphatic rings. The molecule has 0 atom stereocenters. The molecule has 0 saturated carbocycles. The van der Waals surface area contributed by atoms with E-state index < -0.39 is 26.5 Å². The molecule has 0 aliphatic carbocycles. The fourth-order valence-corrected chi connectivity index (χ4v) is 2.68. The first kappa shape index (κ1) is 15.3. The average molecular weight is 288 g/mol. The maximum absolute atomic E-state index is 13.4. The smallest absolute Gasteiger partial charge is 0.258 e. The van der Waals surface area contributed by atoms with E-state index in [0.29, 0.717) is 11.6 Å². The summed E-state index contributed by atoms with van der Waals surface area (Å²) < 4.78 is 38.5. The van der Waals surface area contributed by atoms with Crippen molar-refractivity contribution in [2.24, 2.45) is 0 Å². The van der Waals surface area contributed by atoms with Gasteiger partial charge in [-0.05, 0) is 13.0 Å². The zero-order chi connectivity index (χ0) is 14.8. The molecule has 1 rings (SSSR count). The van der Waals surface area contributed by atoms with Crippen LogP contribution in [0.1, 0.15) is 6.92 Å². The molecule has 19 heavy (non-hydrogen) atoms. The average Bonchev–Trinajstić information content (AvgIpc) is 2.27. The van der Waals surface area contributed by atoms with Crippen LogP contribution in [0.3, 0.4) is 0 Å². The zero-order valence-corrected chi connectivity index (χ0v) is 11.3. The second-order valence-electron chi connectivity index (χ2n) is 4.09. The number of hydrogen-bond donors (Lipinski definition) is 0. The first-order valence-corrected chi connectivity index (χ1v) is 6.65. The number of likely N-dealkylation sites (N-methyl/N-ethyl adjacent to an activating group) is 1. The highest BCUT2D eigenvalue weighted by Gasteiger charge is 2.24. The number of nitrogens with zero attached hydrogens (tertiary/aromatic N) is 2. The number of benzene rings is 1. The van der Waals surface area contributed by atoms with Gasteiger partial charge in [0.1, 0.15) is 0 Å². The Morgan fingerprint density at radius 3 is 2.53 bits per heavy atom. The number of hydrogen-bond acceptors (Lipinski definition) is 4. The molecule has 0 amide bonds. The van der Waals surface area contributed by atoms with Gasteiger partial charge in [-0.15, -0.1) is 0 Å². The standard InChI is InChI=1S/C11H13FN2O4S/c1-8(2)7-13(3)19(17,18)9-4-5-11(14(15)16)10(12)6-9/h4-6H,1,7H2,2-3H3. The third-order valence-electron chi connectivity index (χ3n) is 2.32. The lowest BCUT2D eigenvalue weighted by Crippen LogP contribution is -2.28. The maximum Gasteiger partial charge on any atom is 0.304 e. The van der Waals surface area contributed by atoms with E-state index in [1.54, 1.807) is 6.92 Å². The summed E-state index contributed by atoms with van der Waals surface area (Å²) in [6, 6.07) is 2.48. The molecule has 1 aromatic carbocycles. The van der Waals surface area contributed by atoms with E-state index in [9.17, 15) is 22.9 Å². The van der Waals surface area contributed by atoms with Crippen molar-refractivity contribution in [1.82, 2.24) is 4.31 Å². The summed E-state index contributed by atoms with van der Waals surface area (Å²) in [6.07, 6.45) is 0. The number of nitro benzene ring substituents is 1. The minimum absolute atomic E-state index is 0.0843. The van der Waals surface area contributed by atoms with Gasteiger partial charge in [-0.1, -0.05) is 12.2 Å². The van der Waals surface area contributed by atoms with Gasteiger partial charge < -0.3 is 0 Å². The first-order chi connectivity index (χ1) is 8.66. The van der Waals surface area contributed by atoms with Crippen LogP contribution in [0.5, 0.6) is 0 Å². The number of nitro groups is 1. The lowest BCUT2D eigenvalue weighted by Gasteiger charge is -2.17. The van der Waals surface area contributed by atoms with Crippen LogP contribution in [0.4, 0.5) is 10.1 Å². The van der Waals surface area contributed by atoms with Crippen molar-refractivity contribution in [3.05, 3.63) is 46.3 Å². The van der Waals surface area contributed by atoms with Gasteiger partial charge in [-0.25, -0.2) is 8.42 Å². The Labute approximate surface area is 110 Å². The molecule has 0 heterocycles. The van der Waals surface area contributed by atoms with Crippen LogP contribution in [-0.2, 0) is 10.0 Å². The van der Waals surface area contributed by atoms with Crippen LogP contribution in [0, 0.1) is 15.9 Å². The van der Waals surface area contributed by atoms with E-state index in [1.165, 1.54) is 7.05 Å². The van der Waals surface area contributed by atoms with Gasteiger partial charge in [0.15, 0.2) is 0 Å². The van der Waals surface area contributed by atoms with E-state index >= 15 is 0 Å². The van der Waals surface area contributed by atoms with Gasteiger partial charge in [-0.2, -0.15) is 8.70 Å². The van der Waals surface area contributed by atoms with Crippen molar-refractivity contribution in [2.45, 2.75) is 11.8 Å². The second-order valence-corrected chi connectivity index (χ2v) is 6.13. The van der Waals surface area contributed by atoms with Crippen molar-refractivity contribution in [3.8, 4) is 0 Å². The van der Waals surface area contributed by atoms with Crippen molar-refractivity contribution in [2.75, 3.05) is 13.6 Å². The van der Waals surface area contributed by atoms with E-state index in [1.807, 2.05) is 0 Å². The fraction of sp³-hybridized carbons (Fsp3) is 0.273. The molecular weight excluding hydrogens is 275 g/mol. The quantitative estimate of drug-likeness (QED) is 0.471. The van der Waals surface area contributed by atoms with Crippen molar-refractivity contribution >= 4 is 15.7 Å². The predicted octanol–water partition coefficient (Wildman–Crippen LogP) is 1.93. The molecule has 0 N–H and O–H groups in total. The van der Waals surface area contributed by atoms with E-state index in [2.05, 4.69) is 6.58 Å². The highest BCUT2D eigenvalue weighted by atomic mass is 32.2. The number of rotatable bonds is 5. The highest BCUT2D eigenvalue weighted by Crippen LogP contribution is 2.22. The van der Waals surface area contributed by atoms with Gasteiger partial charge in [0.2, 0.25) is 15.8 Å². The largest absolute Gasteiger partial charge is 0.304 e. The zero-order valence-electron chi connectivity index (χ0n) is 10.5. The van der Waals surface area contributed by atoms with Crippen LogP contribution in [0.15, 0.2) is 35.2 Å². The summed E-state index contributed by atoms with van der Waals surface area (Å²) in [5.74, 6) is -1.19. The molecule has 0 unspecified atom stereocenters. The Morgan fingerprint density at radius 1 is 1.53 bits per heavy atom. The fourth-order valence-electron chi connectivity index (χ4n) is 1.44. The Bertz CT molecular complexity index is 628. The lowest BCUT2D eigenvalue weighted by atomic mass is 10.3. The van der Waals surface area contributed by atoms with Gasteiger partial charge >= 0.3 is 5.69 Å². The third kappa shape index (κ3) is 3.36. The summed E-state index contributed by atoms with van der Waals surface area (Å²) in [6.45, 7) is 5.33. The Kier molecular flexibility index (Phi) is 4.38. The summed E-state index contributed by atoms with van der Waals surface area (Å²) >= 11 is 0. The molecule has 8 heteroatoms. The number of halogens is 1. The van der Waals surface area contributed by atoms with Crippen LogP contribution < -0.4 is 0 Å². The van der Waals surface area contributed by atoms with Gasteiger partial charge in [-0.3, -0.25) is 10.1 Å². The topological polar surface area (TPSA) is 80.5 Å². The van der Waals surface area contributed by atoms with Gasteiger partial charge in [0, 0.05) is 25.7 Å². The minimum Gasteiger partial charge on any atom is -0.258 e. The van der Waals surface area contributed by atoms with Gasteiger partial charge in [0.05, 0.1) is 9.82 Å². The van der Waals surface area contributed by atoms with E-state index in [0.717, 1.165) is 16.4 Å². The van der Waals surface area contributed by atoms with Gasteiger partial charge in [0.25, 0.3) is 0 Å². The first-order valence-electron chi connectivity index (χ1n) is 5.21. The van der Waals surface area contributed by atoms with Crippen molar-refractivity contribution < 1.29 is 17.7 Å². The van der Waals surface area contributed by atoms with Crippen LogP contribution in [0.25, 0.3) is 0 Å². The lowest BCUT2D eigenvalue weighted by molar-refractivity contribution is -0.387. The maximum atomic E-state index is 13.4. The van der Waals surface area contributed by atoms with E-state index in [4.69, 9.17) is 0 Å². The molecule has 0 bridgehead atoms. The van der Waals surface area contributed by atoms with Crippen LogP contribution >= 0.6 is 0 Å². The Balaban J connectivity index is 3.20. The molecule has 0 aliphatic heterocycles. The molecule has 0 aromatic heterocycles. The van der Waals surface area contributed by atoms with Crippen molar-refractivity contribution in [3.63, 3.8) is 0 Å². The highest BCUT2D eigenvalue weighted by molar-refractivity contribution is 7.89. The molecule has 0 spiro atoms. The monoisotopic (exact) mass is 288 g/mol. The van der Waals surface area contributed by atoms with Crippen LogP contribution in [-0.4, -0.2) is 31.2 Å². The summed E-state index contributed by atoms with van der Waals surface area (Å²) in [4.78, 5) is 9.21. The normalized spacial score (nSPS) is 11.6. The SMILES string of the molecule is C=C(C)CN(C)S(=O)(=O)c1ccc([N+](=O)[O-])c(F)c1. The summed E-state index contributed by atoms with van der Waals surface area (Å²) in [5.41, 5.74) is -0.144.